The Bertz CT molecular complexity index is 699. The van der Waals surface area contributed by atoms with Gasteiger partial charge in [-0.05, 0) is 56.5 Å². The summed E-state index contributed by atoms with van der Waals surface area (Å²) >= 11 is 0. The minimum atomic E-state index is 0.754. The van der Waals surface area contributed by atoms with E-state index in [0.717, 1.165) is 25.2 Å². The molecule has 0 radical (unpaired) electrons. The molecule has 0 aliphatic carbocycles. The highest BCUT2D eigenvalue weighted by Crippen LogP contribution is 2.27. The number of benzene rings is 2. The van der Waals surface area contributed by atoms with Crippen LogP contribution in [-0.4, -0.2) is 74.2 Å². The molecule has 0 spiro atoms. The molecule has 3 fully saturated rings. The van der Waals surface area contributed by atoms with E-state index in [1.807, 2.05) is 0 Å². The van der Waals surface area contributed by atoms with Crippen LogP contribution >= 0.6 is 0 Å². The van der Waals surface area contributed by atoms with Gasteiger partial charge in [0, 0.05) is 69.3 Å². The Morgan fingerprint density at radius 3 is 1.67 bits per heavy atom. The minimum Gasteiger partial charge on any atom is -0.371 e. The summed E-state index contributed by atoms with van der Waals surface area (Å²) in [7, 11) is 0. The maximum atomic E-state index is 2.83. The van der Waals surface area contributed by atoms with E-state index in [1.165, 1.54) is 76.3 Å². The zero-order valence-electron chi connectivity index (χ0n) is 18.2. The van der Waals surface area contributed by atoms with Crippen molar-refractivity contribution < 1.29 is 0 Å². The standard InChI is InChI=1S/C26H36N4/c1-3-8-23(9-4-1)27-16-13-25(14-17-27)30-15-7-12-26(22-30)29-20-18-28(19-21-29)24-10-5-2-6-11-24/h1-6,8-11,25-26H,7,12-22H2. The van der Waals surface area contributed by atoms with Gasteiger partial charge in [0.25, 0.3) is 0 Å². The number of hydrogen-bond donors (Lipinski definition) is 0. The maximum absolute atomic E-state index is 2.83. The molecule has 160 valence electrons. The lowest BCUT2D eigenvalue weighted by Crippen LogP contribution is -2.57. The molecule has 4 heteroatoms. The van der Waals surface area contributed by atoms with E-state index in [1.54, 1.807) is 0 Å². The summed E-state index contributed by atoms with van der Waals surface area (Å²) in [6.07, 6.45) is 5.36. The van der Waals surface area contributed by atoms with E-state index in [2.05, 4.69) is 80.3 Å². The molecule has 3 heterocycles. The number of anilines is 2. The van der Waals surface area contributed by atoms with Crippen LogP contribution in [-0.2, 0) is 0 Å². The SMILES string of the molecule is c1ccc(N2CCC(N3CCCC(N4CCN(c5ccccc5)CC4)C3)CC2)cc1. The number of likely N-dealkylation sites (tertiary alicyclic amines) is 1. The maximum Gasteiger partial charge on any atom is 0.0367 e. The number of piperidine rings is 2. The van der Waals surface area contributed by atoms with Crippen molar-refractivity contribution in [2.45, 2.75) is 37.8 Å². The zero-order valence-corrected chi connectivity index (χ0v) is 18.2. The molecule has 2 aromatic carbocycles. The molecule has 0 amide bonds. The largest absolute Gasteiger partial charge is 0.371 e. The van der Waals surface area contributed by atoms with Crippen molar-refractivity contribution in [3.05, 3.63) is 60.7 Å². The fourth-order valence-corrected chi connectivity index (χ4v) is 5.73. The van der Waals surface area contributed by atoms with Crippen LogP contribution in [0.1, 0.15) is 25.7 Å². The van der Waals surface area contributed by atoms with Gasteiger partial charge in [0.1, 0.15) is 0 Å². The molecule has 4 nitrogen and oxygen atoms in total. The van der Waals surface area contributed by atoms with Crippen molar-refractivity contribution in [3.8, 4) is 0 Å². The second-order valence-corrected chi connectivity index (χ2v) is 9.20. The monoisotopic (exact) mass is 404 g/mol. The van der Waals surface area contributed by atoms with Gasteiger partial charge in [-0.3, -0.25) is 9.80 Å². The normalized spacial score (nSPS) is 24.9. The summed E-state index contributed by atoms with van der Waals surface area (Å²) in [5, 5.41) is 0. The topological polar surface area (TPSA) is 13.0 Å². The first kappa shape index (κ1) is 19.9. The van der Waals surface area contributed by atoms with Crippen LogP contribution in [0.2, 0.25) is 0 Å². The second kappa shape index (κ2) is 9.40. The Kier molecular flexibility index (Phi) is 6.24. The van der Waals surface area contributed by atoms with E-state index in [0.29, 0.717) is 0 Å². The lowest BCUT2D eigenvalue weighted by atomic mass is 9.96. The minimum absolute atomic E-state index is 0.754. The molecule has 30 heavy (non-hydrogen) atoms. The number of nitrogens with zero attached hydrogens (tertiary/aromatic N) is 4. The van der Waals surface area contributed by atoms with E-state index in [9.17, 15) is 0 Å². The molecule has 3 aliphatic heterocycles. The summed E-state index contributed by atoms with van der Waals surface area (Å²) in [5.74, 6) is 0. The van der Waals surface area contributed by atoms with Gasteiger partial charge in [0.15, 0.2) is 0 Å². The van der Waals surface area contributed by atoms with Crippen molar-refractivity contribution in [2.75, 3.05) is 62.2 Å². The summed E-state index contributed by atoms with van der Waals surface area (Å²) in [6.45, 7) is 9.72. The van der Waals surface area contributed by atoms with Gasteiger partial charge in [-0.25, -0.2) is 0 Å². The first-order chi connectivity index (χ1) is 14.9. The third kappa shape index (κ3) is 4.50. The van der Waals surface area contributed by atoms with E-state index in [4.69, 9.17) is 0 Å². The first-order valence-corrected chi connectivity index (χ1v) is 11.9. The van der Waals surface area contributed by atoms with E-state index >= 15 is 0 Å². The zero-order chi connectivity index (χ0) is 20.2. The molecular formula is C26H36N4. The number of piperazine rings is 1. The lowest BCUT2D eigenvalue weighted by molar-refractivity contribution is 0.0596. The molecule has 5 rings (SSSR count). The molecule has 0 N–H and O–H groups in total. The van der Waals surface area contributed by atoms with Gasteiger partial charge in [0.2, 0.25) is 0 Å². The Hall–Kier alpha value is -2.04. The molecule has 2 aromatic rings. The smallest absolute Gasteiger partial charge is 0.0367 e. The van der Waals surface area contributed by atoms with Crippen LogP contribution in [0, 0.1) is 0 Å². The van der Waals surface area contributed by atoms with Crippen LogP contribution in [0.15, 0.2) is 60.7 Å². The van der Waals surface area contributed by atoms with E-state index < -0.39 is 0 Å². The van der Waals surface area contributed by atoms with Crippen LogP contribution in [0.4, 0.5) is 11.4 Å². The van der Waals surface area contributed by atoms with Crippen molar-refractivity contribution in [3.63, 3.8) is 0 Å². The average Bonchev–Trinajstić information content (AvgIpc) is 2.85. The predicted molar refractivity (Wildman–Crippen MR) is 127 cm³/mol. The number of rotatable bonds is 4. The van der Waals surface area contributed by atoms with Gasteiger partial charge >= 0.3 is 0 Å². The average molecular weight is 405 g/mol. The second-order valence-electron chi connectivity index (χ2n) is 9.20. The summed E-state index contributed by atoms with van der Waals surface area (Å²) in [4.78, 5) is 10.7. The van der Waals surface area contributed by atoms with Crippen LogP contribution in [0.5, 0.6) is 0 Å². The molecular weight excluding hydrogens is 368 g/mol. The molecule has 0 saturated carbocycles. The molecule has 1 atom stereocenters. The van der Waals surface area contributed by atoms with Gasteiger partial charge in [-0.2, -0.15) is 0 Å². The number of para-hydroxylation sites is 2. The third-order valence-electron chi connectivity index (χ3n) is 7.48. The highest BCUT2D eigenvalue weighted by Gasteiger charge is 2.32. The van der Waals surface area contributed by atoms with Crippen molar-refractivity contribution >= 4 is 11.4 Å². The highest BCUT2D eigenvalue weighted by atomic mass is 15.3. The van der Waals surface area contributed by atoms with Crippen molar-refractivity contribution in [1.82, 2.24) is 9.80 Å². The van der Waals surface area contributed by atoms with Gasteiger partial charge in [0.05, 0.1) is 0 Å². The van der Waals surface area contributed by atoms with Crippen LogP contribution in [0.25, 0.3) is 0 Å². The Morgan fingerprint density at radius 2 is 1.07 bits per heavy atom. The molecule has 0 aromatic heterocycles. The number of hydrogen-bond acceptors (Lipinski definition) is 4. The Labute approximate surface area is 182 Å². The lowest BCUT2D eigenvalue weighted by Gasteiger charge is -2.47. The molecule has 1 unspecified atom stereocenters. The van der Waals surface area contributed by atoms with Crippen molar-refractivity contribution in [2.24, 2.45) is 0 Å². The molecule has 0 bridgehead atoms. The van der Waals surface area contributed by atoms with E-state index in [-0.39, 0.29) is 0 Å². The first-order valence-electron chi connectivity index (χ1n) is 11.9. The van der Waals surface area contributed by atoms with Crippen molar-refractivity contribution in [1.29, 1.82) is 0 Å². The fourth-order valence-electron chi connectivity index (χ4n) is 5.73. The third-order valence-corrected chi connectivity index (χ3v) is 7.48. The summed E-state index contributed by atoms with van der Waals surface area (Å²) in [5.41, 5.74) is 2.77. The molecule has 3 saturated heterocycles. The van der Waals surface area contributed by atoms with Gasteiger partial charge < -0.3 is 9.80 Å². The molecule has 3 aliphatic rings. The summed E-state index contributed by atoms with van der Waals surface area (Å²) in [6, 6.07) is 23.4. The quantitative estimate of drug-likeness (QED) is 0.765. The predicted octanol–water partition coefficient (Wildman–Crippen LogP) is 3.94. The Balaban J connectivity index is 1.12. The summed E-state index contributed by atoms with van der Waals surface area (Å²) < 4.78 is 0. The van der Waals surface area contributed by atoms with Crippen LogP contribution in [0.3, 0.4) is 0 Å². The van der Waals surface area contributed by atoms with Crippen LogP contribution < -0.4 is 9.80 Å². The van der Waals surface area contributed by atoms with Gasteiger partial charge in [-0.15, -0.1) is 0 Å². The fraction of sp³-hybridized carbons (Fsp3) is 0.538. The Morgan fingerprint density at radius 1 is 0.500 bits per heavy atom. The van der Waals surface area contributed by atoms with Gasteiger partial charge in [-0.1, -0.05) is 36.4 Å². The highest BCUT2D eigenvalue weighted by molar-refractivity contribution is 5.47.